The maximum Gasteiger partial charge on any atom is 0.265 e. The molecule has 1 atom stereocenters. The van der Waals surface area contributed by atoms with Gasteiger partial charge in [0.05, 0.1) is 5.69 Å². The normalized spacial score (nSPS) is 15.2. The lowest BCUT2D eigenvalue weighted by Gasteiger charge is -2.34. The van der Waals surface area contributed by atoms with Gasteiger partial charge in [0.15, 0.2) is 0 Å². The molecule has 0 spiro atoms. The van der Waals surface area contributed by atoms with Crippen LogP contribution in [0, 0.1) is 30.4 Å². The molecule has 0 saturated carbocycles. The highest BCUT2D eigenvalue weighted by Gasteiger charge is 2.31. The highest BCUT2D eigenvalue weighted by atomic mass is 32.1. The van der Waals surface area contributed by atoms with Crippen molar-refractivity contribution in [1.29, 1.82) is 0 Å². The Morgan fingerprint density at radius 1 is 1.12 bits per heavy atom. The first-order valence-electron chi connectivity index (χ1n) is 11.4. The van der Waals surface area contributed by atoms with Crippen LogP contribution in [0.15, 0.2) is 48.5 Å². The second-order valence-electron chi connectivity index (χ2n) is 8.67. The van der Waals surface area contributed by atoms with E-state index in [9.17, 15) is 18.4 Å². The zero-order chi connectivity index (χ0) is 24.2. The molecule has 5 nitrogen and oxygen atoms in total. The Balaban J connectivity index is 1.32. The lowest BCUT2D eigenvalue weighted by Crippen LogP contribution is -2.42. The number of hydrogen-bond donors (Lipinski definition) is 1. The fourth-order valence-electron chi connectivity index (χ4n) is 4.26. The molecule has 2 amide bonds. The number of aryl methyl sites for hydroxylation is 1. The van der Waals surface area contributed by atoms with Gasteiger partial charge in [-0.05, 0) is 56.0 Å². The standard InChI is InChI=1S/C26H27F2N3O2S/c1-16(24(32)29-15-20-5-3-4-6-22(20)28)18-11-13-31(14-12-18)26(33)23-17(2)30-25(34-23)19-7-9-21(27)10-8-19/h3-10,16,18H,11-15H2,1-2H3,(H,29,32)/t16-/m0/s1. The largest absolute Gasteiger partial charge is 0.352 e. The molecule has 3 aromatic rings. The molecule has 0 unspecified atom stereocenters. The van der Waals surface area contributed by atoms with Gasteiger partial charge in [0.25, 0.3) is 5.91 Å². The molecular formula is C26H27F2N3O2S. The SMILES string of the molecule is Cc1nc(-c2ccc(F)cc2)sc1C(=O)N1CCC([C@H](C)C(=O)NCc2ccccc2F)CC1. The van der Waals surface area contributed by atoms with Crippen LogP contribution in [0.1, 0.15) is 40.7 Å². The zero-order valence-corrected chi connectivity index (χ0v) is 20.0. The Labute approximate surface area is 201 Å². The second kappa shape index (κ2) is 10.4. The summed E-state index contributed by atoms with van der Waals surface area (Å²) < 4.78 is 27.0. The van der Waals surface area contributed by atoms with E-state index in [0.717, 1.165) is 18.4 Å². The van der Waals surface area contributed by atoms with Gasteiger partial charge in [-0.1, -0.05) is 25.1 Å². The molecule has 1 saturated heterocycles. The van der Waals surface area contributed by atoms with Crippen molar-refractivity contribution in [3.05, 3.63) is 76.3 Å². The number of carbonyl (C=O) groups is 2. The van der Waals surface area contributed by atoms with E-state index >= 15 is 0 Å². The molecule has 1 fully saturated rings. The van der Waals surface area contributed by atoms with Crippen molar-refractivity contribution < 1.29 is 18.4 Å². The van der Waals surface area contributed by atoms with E-state index in [1.165, 1.54) is 29.5 Å². The Kier molecular flexibility index (Phi) is 7.36. The number of likely N-dealkylation sites (tertiary alicyclic amines) is 1. The number of benzene rings is 2. The summed E-state index contributed by atoms with van der Waals surface area (Å²) in [6.45, 7) is 5.00. The number of halogens is 2. The summed E-state index contributed by atoms with van der Waals surface area (Å²) in [5, 5.41) is 3.53. The predicted molar refractivity (Wildman–Crippen MR) is 128 cm³/mol. The fourth-order valence-corrected chi connectivity index (χ4v) is 5.30. The number of piperidine rings is 1. The van der Waals surface area contributed by atoms with Crippen LogP contribution in [0.3, 0.4) is 0 Å². The van der Waals surface area contributed by atoms with Gasteiger partial charge in [-0.2, -0.15) is 0 Å². The first kappa shape index (κ1) is 24.0. The first-order chi connectivity index (χ1) is 16.3. The average Bonchev–Trinajstić information content (AvgIpc) is 3.24. The summed E-state index contributed by atoms with van der Waals surface area (Å²) in [6.07, 6.45) is 1.45. The number of hydrogen-bond acceptors (Lipinski definition) is 4. The summed E-state index contributed by atoms with van der Waals surface area (Å²) in [5.41, 5.74) is 1.91. The zero-order valence-electron chi connectivity index (χ0n) is 19.2. The molecule has 178 valence electrons. The maximum absolute atomic E-state index is 13.8. The van der Waals surface area contributed by atoms with Crippen molar-refractivity contribution in [1.82, 2.24) is 15.2 Å². The maximum atomic E-state index is 13.8. The number of aromatic nitrogens is 1. The van der Waals surface area contributed by atoms with E-state index in [2.05, 4.69) is 10.3 Å². The lowest BCUT2D eigenvalue weighted by molar-refractivity contribution is -0.126. The number of amides is 2. The minimum atomic E-state index is -0.330. The molecule has 1 aliphatic rings. The quantitative estimate of drug-likeness (QED) is 0.524. The molecule has 0 bridgehead atoms. The monoisotopic (exact) mass is 483 g/mol. The van der Waals surface area contributed by atoms with Gasteiger partial charge in [0.1, 0.15) is 21.5 Å². The predicted octanol–water partition coefficient (Wildman–Crippen LogP) is 5.20. The molecule has 0 radical (unpaired) electrons. The minimum Gasteiger partial charge on any atom is -0.352 e. The van der Waals surface area contributed by atoms with Crippen molar-refractivity contribution in [3.63, 3.8) is 0 Å². The smallest absolute Gasteiger partial charge is 0.265 e. The third-order valence-corrected chi connectivity index (χ3v) is 7.63. The number of nitrogens with one attached hydrogen (secondary N) is 1. The summed E-state index contributed by atoms with van der Waals surface area (Å²) >= 11 is 1.32. The van der Waals surface area contributed by atoms with Crippen molar-refractivity contribution >= 4 is 23.2 Å². The molecule has 1 N–H and O–H groups in total. The Bertz CT molecular complexity index is 1170. The van der Waals surface area contributed by atoms with Gasteiger partial charge >= 0.3 is 0 Å². The van der Waals surface area contributed by atoms with E-state index in [4.69, 9.17) is 0 Å². The van der Waals surface area contributed by atoms with Gasteiger partial charge in [-0.25, -0.2) is 13.8 Å². The number of rotatable bonds is 6. The van der Waals surface area contributed by atoms with Gasteiger partial charge in [0, 0.05) is 36.7 Å². The van der Waals surface area contributed by atoms with Crippen LogP contribution in [-0.4, -0.2) is 34.8 Å². The number of nitrogens with zero attached hydrogens (tertiary/aromatic N) is 2. The highest BCUT2D eigenvalue weighted by Crippen LogP contribution is 2.31. The molecule has 8 heteroatoms. The topological polar surface area (TPSA) is 62.3 Å². The van der Waals surface area contributed by atoms with E-state index in [1.54, 1.807) is 30.3 Å². The van der Waals surface area contributed by atoms with E-state index < -0.39 is 0 Å². The van der Waals surface area contributed by atoms with Crippen molar-refractivity contribution in [2.24, 2.45) is 11.8 Å². The van der Waals surface area contributed by atoms with E-state index in [1.807, 2.05) is 18.7 Å². The third kappa shape index (κ3) is 5.33. The fraction of sp³-hybridized carbons (Fsp3) is 0.346. The van der Waals surface area contributed by atoms with Crippen molar-refractivity contribution in [2.45, 2.75) is 33.2 Å². The molecule has 2 aromatic carbocycles. The van der Waals surface area contributed by atoms with Crippen LogP contribution >= 0.6 is 11.3 Å². The second-order valence-corrected chi connectivity index (χ2v) is 9.67. The molecular weight excluding hydrogens is 456 g/mol. The van der Waals surface area contributed by atoms with Gasteiger partial charge in [-0.15, -0.1) is 11.3 Å². The average molecular weight is 484 g/mol. The first-order valence-corrected chi connectivity index (χ1v) is 12.2. The molecule has 0 aliphatic carbocycles. The molecule has 1 aromatic heterocycles. The van der Waals surface area contributed by atoms with Crippen LogP contribution in [0.25, 0.3) is 10.6 Å². The van der Waals surface area contributed by atoms with Gasteiger partial charge in [0.2, 0.25) is 5.91 Å². The Hall–Kier alpha value is -3.13. The summed E-state index contributed by atoms with van der Waals surface area (Å²) in [6, 6.07) is 12.5. The van der Waals surface area contributed by atoms with Crippen LogP contribution < -0.4 is 5.32 Å². The van der Waals surface area contributed by atoms with E-state index in [0.29, 0.717) is 34.2 Å². The van der Waals surface area contributed by atoms with Crippen LogP contribution in [0.5, 0.6) is 0 Å². The summed E-state index contributed by atoms with van der Waals surface area (Å²) in [7, 11) is 0. The number of thiazole rings is 1. The number of carbonyl (C=O) groups excluding carboxylic acids is 2. The molecule has 1 aliphatic heterocycles. The van der Waals surface area contributed by atoms with Crippen molar-refractivity contribution in [3.8, 4) is 10.6 Å². The van der Waals surface area contributed by atoms with Crippen LogP contribution in [0.4, 0.5) is 8.78 Å². The highest BCUT2D eigenvalue weighted by molar-refractivity contribution is 7.17. The molecule has 34 heavy (non-hydrogen) atoms. The lowest BCUT2D eigenvalue weighted by atomic mass is 9.84. The molecule has 2 heterocycles. The molecule has 4 rings (SSSR count). The van der Waals surface area contributed by atoms with Crippen LogP contribution in [0.2, 0.25) is 0 Å². The summed E-state index contributed by atoms with van der Waals surface area (Å²) in [5.74, 6) is -0.871. The third-order valence-electron chi connectivity index (χ3n) is 6.44. The van der Waals surface area contributed by atoms with E-state index in [-0.39, 0.29) is 41.8 Å². The Morgan fingerprint density at radius 2 is 1.79 bits per heavy atom. The minimum absolute atomic E-state index is 0.0570. The van der Waals surface area contributed by atoms with Crippen LogP contribution in [-0.2, 0) is 11.3 Å². The Morgan fingerprint density at radius 3 is 2.47 bits per heavy atom. The van der Waals surface area contributed by atoms with Gasteiger partial charge in [-0.3, -0.25) is 9.59 Å². The van der Waals surface area contributed by atoms with Gasteiger partial charge < -0.3 is 10.2 Å². The summed E-state index contributed by atoms with van der Waals surface area (Å²) in [4.78, 5) is 32.7. The van der Waals surface area contributed by atoms with Crippen molar-refractivity contribution in [2.75, 3.05) is 13.1 Å².